The molecular weight excluding hydrogens is 453 g/mol. The average Bonchev–Trinajstić information content (AvgIpc) is 3.04. The van der Waals surface area contributed by atoms with E-state index in [0.29, 0.717) is 11.3 Å². The third-order valence-corrected chi connectivity index (χ3v) is 5.59. The highest BCUT2D eigenvalue weighted by molar-refractivity contribution is 6.46. The number of carbonyl (C=O) groups is 2. The molecule has 9 heteroatoms. The molecule has 0 radical (unpaired) electrons. The first-order valence-electron chi connectivity index (χ1n) is 9.54. The lowest BCUT2D eigenvalue weighted by atomic mass is 9.95. The quantitative estimate of drug-likeness (QED) is 0.337. The number of aliphatic hydroxyl groups excluding tert-OH is 1. The van der Waals surface area contributed by atoms with Gasteiger partial charge in [0.1, 0.15) is 11.5 Å². The maximum Gasteiger partial charge on any atom is 0.296 e. The number of amides is 1. The van der Waals surface area contributed by atoms with Crippen LogP contribution in [0.25, 0.3) is 5.76 Å². The van der Waals surface area contributed by atoms with E-state index in [2.05, 4.69) is 9.97 Å². The van der Waals surface area contributed by atoms with E-state index in [1.54, 1.807) is 48.9 Å². The number of nitrogens with zero attached hydrogens (tertiary/aromatic N) is 3. The number of likely N-dealkylation sites (tertiary alicyclic amines) is 1. The highest BCUT2D eigenvalue weighted by atomic mass is 35.5. The van der Waals surface area contributed by atoms with Crippen molar-refractivity contribution in [1.82, 2.24) is 14.9 Å². The van der Waals surface area contributed by atoms with Crippen molar-refractivity contribution in [3.63, 3.8) is 0 Å². The van der Waals surface area contributed by atoms with Crippen LogP contribution < -0.4 is 4.74 Å². The molecule has 0 bridgehead atoms. The summed E-state index contributed by atoms with van der Waals surface area (Å²) in [5.74, 6) is -1.89. The number of carbonyl (C=O) groups excluding carboxylic acids is 2. The van der Waals surface area contributed by atoms with Crippen LogP contribution in [0.4, 0.5) is 0 Å². The van der Waals surface area contributed by atoms with Crippen molar-refractivity contribution in [1.29, 1.82) is 0 Å². The van der Waals surface area contributed by atoms with Crippen LogP contribution in [0.5, 0.6) is 5.75 Å². The van der Waals surface area contributed by atoms with Crippen molar-refractivity contribution in [2.45, 2.75) is 12.6 Å². The number of hydrogen-bond acceptors (Lipinski definition) is 6. The number of aliphatic hydroxyl groups is 1. The van der Waals surface area contributed by atoms with Crippen molar-refractivity contribution in [2.24, 2.45) is 0 Å². The van der Waals surface area contributed by atoms with Crippen molar-refractivity contribution in [3.8, 4) is 5.75 Å². The molecule has 32 heavy (non-hydrogen) atoms. The van der Waals surface area contributed by atoms with Gasteiger partial charge < -0.3 is 14.7 Å². The summed E-state index contributed by atoms with van der Waals surface area (Å²) in [7, 11) is 1.38. The second-order valence-electron chi connectivity index (χ2n) is 7.00. The van der Waals surface area contributed by atoms with Gasteiger partial charge in [-0.1, -0.05) is 29.3 Å². The summed E-state index contributed by atoms with van der Waals surface area (Å²) in [5.41, 5.74) is 1.20. The maximum absolute atomic E-state index is 13.1. The first-order valence-corrected chi connectivity index (χ1v) is 10.3. The van der Waals surface area contributed by atoms with E-state index in [0.717, 1.165) is 0 Å². The first-order chi connectivity index (χ1) is 15.4. The number of ketones is 1. The second-order valence-corrected chi connectivity index (χ2v) is 7.84. The highest BCUT2D eigenvalue weighted by Gasteiger charge is 2.46. The minimum absolute atomic E-state index is 0.0720. The Morgan fingerprint density at radius 1 is 1.12 bits per heavy atom. The van der Waals surface area contributed by atoms with E-state index >= 15 is 0 Å². The van der Waals surface area contributed by atoms with E-state index in [4.69, 9.17) is 27.9 Å². The minimum atomic E-state index is -0.873. The molecule has 7 nitrogen and oxygen atoms in total. The van der Waals surface area contributed by atoms with Crippen molar-refractivity contribution >= 4 is 40.7 Å². The molecule has 1 amide bonds. The topological polar surface area (TPSA) is 92.6 Å². The summed E-state index contributed by atoms with van der Waals surface area (Å²) in [4.78, 5) is 35.8. The maximum atomic E-state index is 13.1. The molecule has 162 valence electrons. The fraction of sp³-hybridized carbons (Fsp3) is 0.130. The number of Topliss-reactive ketones (excluding diaryl/α,β-unsaturated/α-hetero) is 1. The van der Waals surface area contributed by atoms with Gasteiger partial charge in [-0.05, 0) is 42.0 Å². The van der Waals surface area contributed by atoms with Crippen molar-refractivity contribution < 1.29 is 19.4 Å². The number of hydrogen-bond donors (Lipinski definition) is 1. The fourth-order valence-electron chi connectivity index (χ4n) is 3.69. The van der Waals surface area contributed by atoms with Crippen LogP contribution in [0.2, 0.25) is 10.0 Å². The summed E-state index contributed by atoms with van der Waals surface area (Å²) in [5, 5.41) is 11.6. The first kappa shape index (κ1) is 21.8. The molecule has 1 fully saturated rings. The Bertz CT molecular complexity index is 1220. The van der Waals surface area contributed by atoms with E-state index in [1.165, 1.54) is 24.1 Å². The average molecular weight is 470 g/mol. The van der Waals surface area contributed by atoms with E-state index < -0.39 is 23.5 Å². The van der Waals surface area contributed by atoms with Gasteiger partial charge in [0.2, 0.25) is 0 Å². The van der Waals surface area contributed by atoms with Crippen LogP contribution in [0, 0.1) is 0 Å². The number of halogens is 2. The standard InChI is InChI=1S/C23H17Cl2N3O4/c1-32-22-16(10-14(24)11-17(22)25)20(29)18-19(13-5-8-26-9-6-13)28(23(31)21(18)30)12-15-4-2-3-7-27-15/h2-11,19,29H,12H2,1H3/b20-18+. The SMILES string of the molecule is COc1c(Cl)cc(Cl)cc1/C(O)=C1\C(=O)C(=O)N(Cc2ccccn2)C1c1ccncc1. The van der Waals surface area contributed by atoms with E-state index in [1.807, 2.05) is 0 Å². The molecule has 3 heterocycles. The number of aromatic nitrogens is 2. The highest BCUT2D eigenvalue weighted by Crippen LogP contribution is 2.43. The van der Waals surface area contributed by atoms with Gasteiger partial charge in [-0.2, -0.15) is 0 Å². The second kappa shape index (κ2) is 8.98. The lowest BCUT2D eigenvalue weighted by molar-refractivity contribution is -0.140. The summed E-state index contributed by atoms with van der Waals surface area (Å²) < 4.78 is 5.32. The molecule has 0 spiro atoms. The molecule has 1 aromatic carbocycles. The van der Waals surface area contributed by atoms with Gasteiger partial charge >= 0.3 is 0 Å². The van der Waals surface area contributed by atoms with Crippen LogP contribution in [-0.4, -0.2) is 38.8 Å². The van der Waals surface area contributed by atoms with Crippen molar-refractivity contribution in [2.75, 3.05) is 7.11 Å². The van der Waals surface area contributed by atoms with Gasteiger partial charge in [-0.25, -0.2) is 0 Å². The van der Waals surface area contributed by atoms with Gasteiger partial charge in [0.15, 0.2) is 0 Å². The third-order valence-electron chi connectivity index (χ3n) is 5.09. The van der Waals surface area contributed by atoms with Gasteiger partial charge in [-0.15, -0.1) is 0 Å². The Morgan fingerprint density at radius 3 is 2.53 bits per heavy atom. The monoisotopic (exact) mass is 469 g/mol. The van der Waals surface area contributed by atoms with Crippen LogP contribution >= 0.6 is 23.2 Å². The molecule has 1 atom stereocenters. The molecule has 1 N–H and O–H groups in total. The van der Waals surface area contributed by atoms with Crippen LogP contribution in [0.15, 0.2) is 66.6 Å². The smallest absolute Gasteiger partial charge is 0.296 e. The molecule has 1 unspecified atom stereocenters. The minimum Gasteiger partial charge on any atom is -0.507 e. The Hall–Kier alpha value is -3.42. The number of pyridine rings is 2. The molecule has 0 aliphatic carbocycles. The van der Waals surface area contributed by atoms with Gasteiger partial charge in [-0.3, -0.25) is 19.6 Å². The number of ether oxygens (including phenoxy) is 1. The normalized spacial score (nSPS) is 17.6. The predicted octanol–water partition coefficient (Wildman–Crippen LogP) is 4.41. The Labute approximate surface area is 193 Å². The van der Waals surface area contributed by atoms with E-state index in [9.17, 15) is 14.7 Å². The zero-order valence-electron chi connectivity index (χ0n) is 16.8. The van der Waals surface area contributed by atoms with Gasteiger partial charge in [0, 0.05) is 23.6 Å². The van der Waals surface area contributed by atoms with Crippen LogP contribution in [0.3, 0.4) is 0 Å². The zero-order valence-corrected chi connectivity index (χ0v) is 18.3. The van der Waals surface area contributed by atoms with Crippen LogP contribution in [-0.2, 0) is 16.1 Å². The molecule has 2 aromatic heterocycles. The number of rotatable bonds is 5. The number of methoxy groups -OCH3 is 1. The zero-order chi connectivity index (χ0) is 22.8. The summed E-state index contributed by atoms with van der Waals surface area (Å²) >= 11 is 12.3. The summed E-state index contributed by atoms with van der Waals surface area (Å²) in [6.07, 6.45) is 4.70. The third kappa shape index (κ3) is 3.92. The molecule has 1 aliphatic rings. The number of benzene rings is 1. The Balaban J connectivity index is 1.92. The Kier molecular flexibility index (Phi) is 6.12. The van der Waals surface area contributed by atoms with Crippen LogP contribution in [0.1, 0.15) is 22.9 Å². The molecule has 3 aromatic rings. The largest absolute Gasteiger partial charge is 0.507 e. The Morgan fingerprint density at radius 2 is 1.88 bits per heavy atom. The molecule has 0 saturated carbocycles. The summed E-state index contributed by atoms with van der Waals surface area (Å²) in [6.45, 7) is 0.0720. The van der Waals surface area contributed by atoms with E-state index in [-0.39, 0.29) is 33.5 Å². The molecule has 1 saturated heterocycles. The lowest BCUT2D eigenvalue weighted by Gasteiger charge is -2.25. The predicted molar refractivity (Wildman–Crippen MR) is 119 cm³/mol. The lowest BCUT2D eigenvalue weighted by Crippen LogP contribution is -2.29. The molecular formula is C23H17Cl2N3O4. The van der Waals surface area contributed by atoms with Crippen molar-refractivity contribution in [3.05, 3.63) is 93.5 Å². The van der Waals surface area contributed by atoms with Gasteiger partial charge in [0.25, 0.3) is 11.7 Å². The molecule has 1 aliphatic heterocycles. The fourth-order valence-corrected chi connectivity index (χ4v) is 4.26. The summed E-state index contributed by atoms with van der Waals surface area (Å²) in [6, 6.07) is 10.7. The molecule has 4 rings (SSSR count). The van der Waals surface area contributed by atoms with Gasteiger partial charge in [0.05, 0.1) is 41.5 Å².